The SMILES string of the molecule is CCOc1ccc(CCNC(=O)c2cnc(N3CCCCC3)c3ccccc23)cc1OCC. The molecule has 0 bridgehead atoms. The molecule has 0 spiro atoms. The van der Waals surface area contributed by atoms with Crippen molar-refractivity contribution in [1.29, 1.82) is 0 Å². The first-order valence-electron chi connectivity index (χ1n) is 12.0. The molecule has 6 nitrogen and oxygen atoms in total. The molecule has 1 saturated heterocycles. The quantitative estimate of drug-likeness (QED) is 0.500. The number of nitrogens with one attached hydrogen (secondary N) is 1. The van der Waals surface area contributed by atoms with E-state index in [2.05, 4.69) is 16.3 Å². The molecule has 1 fully saturated rings. The highest BCUT2D eigenvalue weighted by molar-refractivity contribution is 6.09. The van der Waals surface area contributed by atoms with Gasteiger partial charge in [0.2, 0.25) is 0 Å². The van der Waals surface area contributed by atoms with Crippen molar-refractivity contribution in [3.05, 3.63) is 59.8 Å². The fourth-order valence-electron chi connectivity index (χ4n) is 4.38. The monoisotopic (exact) mass is 447 g/mol. The molecule has 1 aliphatic rings. The molecule has 1 aliphatic heterocycles. The fraction of sp³-hybridized carbons (Fsp3) is 0.407. The minimum absolute atomic E-state index is 0.0973. The number of carbonyl (C=O) groups is 1. The van der Waals surface area contributed by atoms with Crippen LogP contribution in [0.25, 0.3) is 10.8 Å². The van der Waals surface area contributed by atoms with Crippen LogP contribution in [0.3, 0.4) is 0 Å². The lowest BCUT2D eigenvalue weighted by Crippen LogP contribution is -2.31. The molecule has 0 radical (unpaired) electrons. The Hall–Kier alpha value is -3.28. The number of fused-ring (bicyclic) bond motifs is 1. The molecule has 2 heterocycles. The van der Waals surface area contributed by atoms with Gasteiger partial charge in [-0.05, 0) is 62.6 Å². The molecule has 33 heavy (non-hydrogen) atoms. The van der Waals surface area contributed by atoms with Crippen LogP contribution >= 0.6 is 0 Å². The van der Waals surface area contributed by atoms with Gasteiger partial charge in [0, 0.05) is 31.2 Å². The molecule has 2 aromatic carbocycles. The van der Waals surface area contributed by atoms with Crippen LogP contribution < -0.4 is 19.7 Å². The van der Waals surface area contributed by atoms with Crippen LogP contribution in [0.2, 0.25) is 0 Å². The number of pyridine rings is 1. The summed E-state index contributed by atoms with van der Waals surface area (Å²) in [6.07, 6.45) is 6.08. The van der Waals surface area contributed by atoms with E-state index >= 15 is 0 Å². The van der Waals surface area contributed by atoms with E-state index in [1.54, 1.807) is 6.20 Å². The summed E-state index contributed by atoms with van der Waals surface area (Å²) < 4.78 is 11.3. The Labute approximate surface area is 195 Å². The summed E-state index contributed by atoms with van der Waals surface area (Å²) >= 11 is 0. The van der Waals surface area contributed by atoms with Crippen LogP contribution in [0, 0.1) is 0 Å². The van der Waals surface area contributed by atoms with Gasteiger partial charge >= 0.3 is 0 Å². The second kappa shape index (κ2) is 11.0. The van der Waals surface area contributed by atoms with Crippen LogP contribution in [0.1, 0.15) is 49.0 Å². The summed E-state index contributed by atoms with van der Waals surface area (Å²) in [7, 11) is 0. The summed E-state index contributed by atoms with van der Waals surface area (Å²) in [5, 5.41) is 5.06. The molecule has 174 valence electrons. The molecule has 1 aromatic heterocycles. The molecule has 1 amide bonds. The Morgan fingerprint density at radius 2 is 1.70 bits per heavy atom. The second-order valence-electron chi connectivity index (χ2n) is 8.24. The van der Waals surface area contributed by atoms with Crippen molar-refractivity contribution in [1.82, 2.24) is 10.3 Å². The third-order valence-corrected chi connectivity index (χ3v) is 5.98. The average Bonchev–Trinajstić information content (AvgIpc) is 2.85. The summed E-state index contributed by atoms with van der Waals surface area (Å²) in [6.45, 7) is 7.65. The first kappa shape index (κ1) is 22.9. The first-order chi connectivity index (χ1) is 16.2. The van der Waals surface area contributed by atoms with Gasteiger partial charge in [-0.15, -0.1) is 0 Å². The van der Waals surface area contributed by atoms with E-state index in [0.717, 1.165) is 46.7 Å². The predicted octanol–water partition coefficient (Wildman–Crippen LogP) is 5.00. The van der Waals surface area contributed by atoms with E-state index in [1.165, 1.54) is 19.3 Å². The van der Waals surface area contributed by atoms with Gasteiger partial charge < -0.3 is 19.7 Å². The lowest BCUT2D eigenvalue weighted by atomic mass is 10.0. The largest absolute Gasteiger partial charge is 0.490 e. The Morgan fingerprint density at radius 1 is 0.970 bits per heavy atom. The van der Waals surface area contributed by atoms with Crippen LogP contribution in [0.15, 0.2) is 48.7 Å². The Bertz CT molecular complexity index is 1090. The van der Waals surface area contributed by atoms with Crippen LogP contribution in [-0.4, -0.2) is 43.7 Å². The average molecular weight is 448 g/mol. The first-order valence-corrected chi connectivity index (χ1v) is 12.0. The molecule has 3 aromatic rings. The summed E-state index contributed by atoms with van der Waals surface area (Å²) in [4.78, 5) is 20.1. The Kier molecular flexibility index (Phi) is 7.66. The molecular weight excluding hydrogens is 414 g/mol. The van der Waals surface area contributed by atoms with Gasteiger partial charge in [-0.25, -0.2) is 4.98 Å². The molecule has 0 aliphatic carbocycles. The maximum absolute atomic E-state index is 13.0. The second-order valence-corrected chi connectivity index (χ2v) is 8.24. The third kappa shape index (κ3) is 5.38. The van der Waals surface area contributed by atoms with E-state index < -0.39 is 0 Å². The lowest BCUT2D eigenvalue weighted by Gasteiger charge is -2.29. The van der Waals surface area contributed by atoms with E-state index in [1.807, 2.05) is 50.2 Å². The number of anilines is 1. The van der Waals surface area contributed by atoms with Crippen molar-refractivity contribution in [3.8, 4) is 11.5 Å². The number of hydrogen-bond donors (Lipinski definition) is 1. The fourth-order valence-corrected chi connectivity index (χ4v) is 4.38. The smallest absolute Gasteiger partial charge is 0.253 e. The number of rotatable bonds is 9. The normalized spacial score (nSPS) is 13.7. The zero-order valence-corrected chi connectivity index (χ0v) is 19.6. The Morgan fingerprint density at radius 3 is 2.45 bits per heavy atom. The molecule has 0 saturated carbocycles. The number of piperidine rings is 1. The maximum atomic E-state index is 13.0. The summed E-state index contributed by atoms with van der Waals surface area (Å²) in [5.41, 5.74) is 1.71. The molecule has 1 N–H and O–H groups in total. The minimum atomic E-state index is -0.0973. The zero-order valence-electron chi connectivity index (χ0n) is 19.6. The highest BCUT2D eigenvalue weighted by Gasteiger charge is 2.18. The highest BCUT2D eigenvalue weighted by atomic mass is 16.5. The van der Waals surface area contributed by atoms with Crippen molar-refractivity contribution in [2.45, 2.75) is 39.5 Å². The molecular formula is C27H33N3O3. The molecule has 0 atom stereocenters. The maximum Gasteiger partial charge on any atom is 0.253 e. The van der Waals surface area contributed by atoms with Gasteiger partial charge in [-0.1, -0.05) is 30.3 Å². The van der Waals surface area contributed by atoms with Crippen LogP contribution in [0.5, 0.6) is 11.5 Å². The number of ether oxygens (including phenoxy) is 2. The standard InChI is InChI=1S/C27H33N3O3/c1-3-32-24-13-12-20(18-25(24)33-4-2)14-15-28-27(31)23-19-29-26(30-16-8-5-9-17-30)22-11-7-6-10-21(22)23/h6-7,10-13,18-19H,3-5,8-9,14-17H2,1-2H3,(H,28,31). The predicted molar refractivity (Wildman–Crippen MR) is 133 cm³/mol. The topological polar surface area (TPSA) is 63.7 Å². The van der Waals surface area contributed by atoms with Gasteiger partial charge in [0.15, 0.2) is 11.5 Å². The van der Waals surface area contributed by atoms with Crippen molar-refractivity contribution < 1.29 is 14.3 Å². The van der Waals surface area contributed by atoms with Gasteiger partial charge in [-0.3, -0.25) is 4.79 Å². The van der Waals surface area contributed by atoms with E-state index in [9.17, 15) is 4.79 Å². The van der Waals surface area contributed by atoms with E-state index in [4.69, 9.17) is 14.5 Å². The van der Waals surface area contributed by atoms with Crippen molar-refractivity contribution in [2.75, 3.05) is 37.7 Å². The number of nitrogens with zero attached hydrogens (tertiary/aromatic N) is 2. The number of carbonyl (C=O) groups excluding carboxylic acids is 1. The molecule has 0 unspecified atom stereocenters. The number of amides is 1. The minimum Gasteiger partial charge on any atom is -0.490 e. The van der Waals surface area contributed by atoms with Gasteiger partial charge in [-0.2, -0.15) is 0 Å². The molecule has 4 rings (SSSR count). The Balaban J connectivity index is 1.46. The number of aromatic nitrogens is 1. The number of hydrogen-bond acceptors (Lipinski definition) is 5. The lowest BCUT2D eigenvalue weighted by molar-refractivity contribution is 0.0955. The van der Waals surface area contributed by atoms with E-state index in [-0.39, 0.29) is 5.91 Å². The van der Waals surface area contributed by atoms with Crippen molar-refractivity contribution >= 4 is 22.5 Å². The van der Waals surface area contributed by atoms with Gasteiger partial charge in [0.25, 0.3) is 5.91 Å². The zero-order chi connectivity index (χ0) is 23.0. The third-order valence-electron chi connectivity index (χ3n) is 5.98. The molecule has 6 heteroatoms. The summed E-state index contributed by atoms with van der Waals surface area (Å²) in [5.74, 6) is 2.38. The summed E-state index contributed by atoms with van der Waals surface area (Å²) in [6, 6.07) is 14.0. The van der Waals surface area contributed by atoms with Gasteiger partial charge in [0.1, 0.15) is 5.82 Å². The highest BCUT2D eigenvalue weighted by Crippen LogP contribution is 2.30. The van der Waals surface area contributed by atoms with Crippen molar-refractivity contribution in [3.63, 3.8) is 0 Å². The number of benzene rings is 2. The van der Waals surface area contributed by atoms with Crippen LogP contribution in [0.4, 0.5) is 5.82 Å². The van der Waals surface area contributed by atoms with Crippen molar-refractivity contribution in [2.24, 2.45) is 0 Å². The van der Waals surface area contributed by atoms with Gasteiger partial charge in [0.05, 0.1) is 18.8 Å². The van der Waals surface area contributed by atoms with Crippen LogP contribution in [-0.2, 0) is 6.42 Å². The van der Waals surface area contributed by atoms with E-state index in [0.29, 0.717) is 31.7 Å².